The van der Waals surface area contributed by atoms with Gasteiger partial charge in [0.25, 0.3) is 0 Å². The van der Waals surface area contributed by atoms with E-state index in [2.05, 4.69) is 5.32 Å². The maximum absolute atomic E-state index is 11.4. The number of rotatable bonds is 7. The number of hydrogen-bond acceptors (Lipinski definition) is 4. The highest BCUT2D eigenvalue weighted by Gasteiger charge is 2.25. The number of nitrogens with zero attached hydrogens (tertiary/aromatic N) is 1. The van der Waals surface area contributed by atoms with Gasteiger partial charge in [-0.25, -0.2) is 0 Å². The first kappa shape index (κ1) is 13.4. The Morgan fingerprint density at radius 3 is 2.81 bits per heavy atom. The fraction of sp³-hybridized carbons (Fsp3) is 0.909. The lowest BCUT2D eigenvalue weighted by molar-refractivity contribution is -0.124. The van der Waals surface area contributed by atoms with Gasteiger partial charge in [-0.2, -0.15) is 0 Å². The Balaban J connectivity index is 1.90. The number of aliphatic hydroxyl groups excluding tert-OH is 1. The number of β-amino-alcohol motifs (C(OH)–C–C–N with tert-alkyl or cyclic N) is 1. The van der Waals surface area contributed by atoms with E-state index in [-0.39, 0.29) is 18.1 Å². The number of hydrogen-bond donors (Lipinski definition) is 2. The van der Waals surface area contributed by atoms with Crippen LogP contribution in [0.2, 0.25) is 0 Å². The van der Waals surface area contributed by atoms with Gasteiger partial charge in [-0.05, 0) is 20.3 Å². The summed E-state index contributed by atoms with van der Waals surface area (Å²) in [5, 5.41) is 11.9. The van der Waals surface area contributed by atoms with Gasteiger partial charge in [-0.1, -0.05) is 0 Å². The van der Waals surface area contributed by atoms with E-state index in [1.807, 2.05) is 18.7 Å². The van der Waals surface area contributed by atoms with E-state index in [9.17, 15) is 4.79 Å². The van der Waals surface area contributed by atoms with Gasteiger partial charge in [0.05, 0.1) is 18.8 Å². The Morgan fingerprint density at radius 1 is 1.56 bits per heavy atom. The Morgan fingerprint density at radius 2 is 2.25 bits per heavy atom. The fourth-order valence-electron chi connectivity index (χ4n) is 1.55. The molecule has 2 N–H and O–H groups in total. The predicted octanol–water partition coefficient (Wildman–Crippen LogP) is -0.406. The Hall–Kier alpha value is -0.650. The van der Waals surface area contributed by atoms with Crippen molar-refractivity contribution in [1.29, 1.82) is 0 Å². The van der Waals surface area contributed by atoms with Crippen molar-refractivity contribution in [2.24, 2.45) is 0 Å². The molecule has 5 heteroatoms. The van der Waals surface area contributed by atoms with Crippen LogP contribution < -0.4 is 5.32 Å². The summed E-state index contributed by atoms with van der Waals surface area (Å²) in [6, 6.07) is 0. The van der Waals surface area contributed by atoms with Crippen molar-refractivity contribution in [3.8, 4) is 0 Å². The SMILES string of the molecule is CC(C)OCCCNC(=O)CN1CC(O)C1. The molecule has 1 rings (SSSR count). The number of nitrogens with one attached hydrogen (secondary N) is 1. The Labute approximate surface area is 96.8 Å². The third-order valence-corrected chi connectivity index (χ3v) is 2.40. The van der Waals surface area contributed by atoms with Crippen molar-refractivity contribution in [2.45, 2.75) is 32.5 Å². The minimum Gasteiger partial charge on any atom is -0.390 e. The third-order valence-electron chi connectivity index (χ3n) is 2.40. The summed E-state index contributed by atoms with van der Waals surface area (Å²) in [7, 11) is 0. The molecule has 1 amide bonds. The highest BCUT2D eigenvalue weighted by molar-refractivity contribution is 5.78. The lowest BCUT2D eigenvalue weighted by Crippen LogP contribution is -2.54. The molecule has 0 spiro atoms. The molecule has 0 aliphatic carbocycles. The normalized spacial score (nSPS) is 17.5. The summed E-state index contributed by atoms with van der Waals surface area (Å²) in [6.45, 7) is 6.94. The Bertz CT molecular complexity index is 215. The van der Waals surface area contributed by atoms with Crippen LogP contribution in [0.25, 0.3) is 0 Å². The predicted molar refractivity (Wildman–Crippen MR) is 61.2 cm³/mol. The second kappa shape index (κ2) is 6.83. The standard InChI is InChI=1S/C11H22N2O3/c1-9(2)16-5-3-4-12-11(15)8-13-6-10(14)7-13/h9-10,14H,3-8H2,1-2H3,(H,12,15). The minimum absolute atomic E-state index is 0.0245. The van der Waals surface area contributed by atoms with Crippen LogP contribution in [0.4, 0.5) is 0 Å². The van der Waals surface area contributed by atoms with Gasteiger partial charge in [0, 0.05) is 26.2 Å². The molecule has 94 valence electrons. The number of ether oxygens (including phenoxy) is 1. The van der Waals surface area contributed by atoms with Gasteiger partial charge < -0.3 is 15.2 Å². The molecule has 0 saturated carbocycles. The van der Waals surface area contributed by atoms with E-state index in [1.54, 1.807) is 0 Å². The average Bonchev–Trinajstić information content (AvgIpc) is 2.14. The summed E-state index contributed by atoms with van der Waals surface area (Å²) >= 11 is 0. The molecule has 16 heavy (non-hydrogen) atoms. The number of carbonyl (C=O) groups is 1. The molecule has 1 saturated heterocycles. The van der Waals surface area contributed by atoms with Crippen LogP contribution in [0, 0.1) is 0 Å². The zero-order chi connectivity index (χ0) is 12.0. The number of amides is 1. The van der Waals surface area contributed by atoms with E-state index in [0.717, 1.165) is 6.42 Å². The maximum Gasteiger partial charge on any atom is 0.234 e. The first-order chi connectivity index (χ1) is 7.58. The van der Waals surface area contributed by atoms with Crippen LogP contribution in [0.15, 0.2) is 0 Å². The largest absolute Gasteiger partial charge is 0.390 e. The van der Waals surface area contributed by atoms with Crippen LogP contribution in [0.5, 0.6) is 0 Å². The number of likely N-dealkylation sites (tertiary alicyclic amines) is 1. The van der Waals surface area contributed by atoms with Gasteiger partial charge in [0.15, 0.2) is 0 Å². The number of carbonyl (C=O) groups excluding carboxylic acids is 1. The number of aliphatic hydroxyl groups is 1. The van der Waals surface area contributed by atoms with Gasteiger partial charge >= 0.3 is 0 Å². The zero-order valence-electron chi connectivity index (χ0n) is 10.1. The summed E-state index contributed by atoms with van der Waals surface area (Å²) in [5.41, 5.74) is 0. The van der Waals surface area contributed by atoms with Crippen molar-refractivity contribution >= 4 is 5.91 Å². The lowest BCUT2D eigenvalue weighted by Gasteiger charge is -2.35. The second-order valence-corrected chi connectivity index (χ2v) is 4.47. The van der Waals surface area contributed by atoms with Crippen molar-refractivity contribution in [2.75, 3.05) is 32.8 Å². The van der Waals surface area contributed by atoms with E-state index in [0.29, 0.717) is 32.8 Å². The molecule has 1 heterocycles. The maximum atomic E-state index is 11.4. The first-order valence-corrected chi connectivity index (χ1v) is 5.86. The van der Waals surface area contributed by atoms with Gasteiger partial charge in [-0.15, -0.1) is 0 Å². The van der Waals surface area contributed by atoms with E-state index >= 15 is 0 Å². The van der Waals surface area contributed by atoms with Crippen molar-refractivity contribution in [3.63, 3.8) is 0 Å². The van der Waals surface area contributed by atoms with Crippen molar-refractivity contribution in [1.82, 2.24) is 10.2 Å². The van der Waals surface area contributed by atoms with E-state index in [1.165, 1.54) is 0 Å². The van der Waals surface area contributed by atoms with Crippen molar-refractivity contribution < 1.29 is 14.6 Å². The van der Waals surface area contributed by atoms with E-state index < -0.39 is 0 Å². The van der Waals surface area contributed by atoms with Crippen LogP contribution in [-0.2, 0) is 9.53 Å². The van der Waals surface area contributed by atoms with Gasteiger partial charge in [-0.3, -0.25) is 9.69 Å². The third kappa shape index (κ3) is 5.44. The van der Waals surface area contributed by atoms with Crippen LogP contribution >= 0.6 is 0 Å². The van der Waals surface area contributed by atoms with Crippen LogP contribution in [-0.4, -0.2) is 60.9 Å². The Kier molecular flexibility index (Phi) is 5.73. The minimum atomic E-state index is -0.243. The molecule has 0 atom stereocenters. The topological polar surface area (TPSA) is 61.8 Å². The molecule has 0 unspecified atom stereocenters. The molecule has 0 aromatic heterocycles. The fourth-order valence-corrected chi connectivity index (χ4v) is 1.55. The molecule has 1 fully saturated rings. The molecule has 1 aliphatic heterocycles. The average molecular weight is 230 g/mol. The summed E-state index contributed by atoms with van der Waals surface area (Å²) in [5.74, 6) is 0.0245. The molecule has 0 aromatic rings. The summed E-state index contributed by atoms with van der Waals surface area (Å²) in [6.07, 6.45) is 0.845. The van der Waals surface area contributed by atoms with Crippen LogP contribution in [0.1, 0.15) is 20.3 Å². The summed E-state index contributed by atoms with van der Waals surface area (Å²) in [4.78, 5) is 13.3. The van der Waals surface area contributed by atoms with Crippen molar-refractivity contribution in [3.05, 3.63) is 0 Å². The zero-order valence-corrected chi connectivity index (χ0v) is 10.1. The highest BCUT2D eigenvalue weighted by atomic mass is 16.5. The monoisotopic (exact) mass is 230 g/mol. The molecule has 5 nitrogen and oxygen atoms in total. The highest BCUT2D eigenvalue weighted by Crippen LogP contribution is 2.05. The van der Waals surface area contributed by atoms with E-state index in [4.69, 9.17) is 9.84 Å². The molecule has 0 bridgehead atoms. The van der Waals surface area contributed by atoms with Gasteiger partial charge in [0.2, 0.25) is 5.91 Å². The van der Waals surface area contributed by atoms with Crippen LogP contribution in [0.3, 0.4) is 0 Å². The molecule has 0 aromatic carbocycles. The smallest absolute Gasteiger partial charge is 0.234 e. The van der Waals surface area contributed by atoms with Gasteiger partial charge in [0.1, 0.15) is 0 Å². The molecule has 0 radical (unpaired) electrons. The molecular weight excluding hydrogens is 208 g/mol. The first-order valence-electron chi connectivity index (χ1n) is 5.86. The lowest BCUT2D eigenvalue weighted by atomic mass is 10.2. The molecule has 1 aliphatic rings. The second-order valence-electron chi connectivity index (χ2n) is 4.47. The molecular formula is C11H22N2O3. The quantitative estimate of drug-likeness (QED) is 0.584. The summed E-state index contributed by atoms with van der Waals surface area (Å²) < 4.78 is 5.36.